The molecule has 1 heterocycles. The van der Waals surface area contributed by atoms with Gasteiger partial charge in [0.25, 0.3) is 0 Å². The van der Waals surface area contributed by atoms with E-state index in [1.165, 1.54) is 0 Å². The molecule has 1 saturated heterocycles. The van der Waals surface area contributed by atoms with E-state index in [1.54, 1.807) is 12.1 Å². The summed E-state index contributed by atoms with van der Waals surface area (Å²) in [5.74, 6) is -0.391. The molecule has 1 aliphatic heterocycles. The minimum atomic E-state index is -0.391. The number of primary amides is 1. The van der Waals surface area contributed by atoms with E-state index in [2.05, 4.69) is 5.32 Å². The summed E-state index contributed by atoms with van der Waals surface area (Å²) in [5.41, 5.74) is 6.74. The molecule has 0 radical (unpaired) electrons. The second-order valence-corrected chi connectivity index (χ2v) is 3.97. The van der Waals surface area contributed by atoms with Crippen LogP contribution in [0.2, 0.25) is 0 Å². The summed E-state index contributed by atoms with van der Waals surface area (Å²) in [5, 5.41) is 3.41. The molecule has 0 aromatic heterocycles. The number of benzene rings is 1. The molecule has 0 bridgehead atoms. The summed E-state index contributed by atoms with van der Waals surface area (Å²) < 4.78 is 5.29. The fourth-order valence-electron chi connectivity index (χ4n) is 1.81. The zero-order valence-corrected chi connectivity index (χ0v) is 9.11. The minimum absolute atomic E-state index is 0.391. The van der Waals surface area contributed by atoms with Gasteiger partial charge in [0.2, 0.25) is 5.91 Å². The van der Waals surface area contributed by atoms with Gasteiger partial charge in [-0.05, 0) is 37.1 Å². The molecule has 1 aromatic rings. The van der Waals surface area contributed by atoms with E-state index in [4.69, 9.17) is 10.5 Å². The van der Waals surface area contributed by atoms with Crippen molar-refractivity contribution in [3.63, 3.8) is 0 Å². The monoisotopic (exact) mass is 220 g/mol. The van der Waals surface area contributed by atoms with E-state index in [0.29, 0.717) is 11.6 Å². The van der Waals surface area contributed by atoms with Gasteiger partial charge in [0, 0.05) is 30.5 Å². The fraction of sp³-hybridized carbons (Fsp3) is 0.417. The van der Waals surface area contributed by atoms with Crippen molar-refractivity contribution in [2.24, 2.45) is 5.73 Å². The maximum Gasteiger partial charge on any atom is 0.248 e. The van der Waals surface area contributed by atoms with E-state index in [0.717, 1.165) is 31.7 Å². The Kier molecular flexibility index (Phi) is 3.41. The van der Waals surface area contributed by atoms with Gasteiger partial charge in [-0.2, -0.15) is 0 Å². The third-order valence-corrected chi connectivity index (χ3v) is 2.76. The van der Waals surface area contributed by atoms with Gasteiger partial charge in [-0.25, -0.2) is 0 Å². The van der Waals surface area contributed by atoms with Crippen LogP contribution in [0.15, 0.2) is 24.3 Å². The Morgan fingerprint density at radius 1 is 1.25 bits per heavy atom. The average Bonchev–Trinajstić information content (AvgIpc) is 2.31. The van der Waals surface area contributed by atoms with Crippen LogP contribution in [0.4, 0.5) is 5.69 Å². The molecule has 4 heteroatoms. The maximum atomic E-state index is 10.9. The van der Waals surface area contributed by atoms with Gasteiger partial charge in [-0.1, -0.05) is 0 Å². The lowest BCUT2D eigenvalue weighted by Crippen LogP contribution is -2.27. The number of amides is 1. The molecular formula is C12H16N2O2. The highest BCUT2D eigenvalue weighted by atomic mass is 16.5. The van der Waals surface area contributed by atoms with Crippen molar-refractivity contribution in [3.8, 4) is 0 Å². The van der Waals surface area contributed by atoms with Gasteiger partial charge < -0.3 is 15.8 Å². The van der Waals surface area contributed by atoms with Crippen LogP contribution in [0, 0.1) is 0 Å². The van der Waals surface area contributed by atoms with Crippen molar-refractivity contribution in [2.75, 3.05) is 18.5 Å². The zero-order valence-electron chi connectivity index (χ0n) is 9.11. The standard InChI is InChI=1S/C12H16N2O2/c13-12(15)9-1-3-10(4-2-9)14-11-5-7-16-8-6-11/h1-4,11,14H,5-8H2,(H2,13,15). The lowest BCUT2D eigenvalue weighted by molar-refractivity contribution is 0.0904. The Morgan fingerprint density at radius 2 is 1.88 bits per heavy atom. The molecule has 0 unspecified atom stereocenters. The Bertz CT molecular complexity index is 356. The quantitative estimate of drug-likeness (QED) is 0.808. The Balaban J connectivity index is 1.96. The largest absolute Gasteiger partial charge is 0.382 e. The summed E-state index contributed by atoms with van der Waals surface area (Å²) in [6, 6.07) is 7.72. The second kappa shape index (κ2) is 4.99. The average molecular weight is 220 g/mol. The maximum absolute atomic E-state index is 10.9. The van der Waals surface area contributed by atoms with Crippen molar-refractivity contribution in [2.45, 2.75) is 18.9 Å². The first kappa shape index (κ1) is 11.0. The third kappa shape index (κ3) is 2.73. The van der Waals surface area contributed by atoms with E-state index in [1.807, 2.05) is 12.1 Å². The SMILES string of the molecule is NC(=O)c1ccc(NC2CCOCC2)cc1. The number of hydrogen-bond acceptors (Lipinski definition) is 3. The Morgan fingerprint density at radius 3 is 2.44 bits per heavy atom. The lowest BCUT2D eigenvalue weighted by atomic mass is 10.1. The van der Waals surface area contributed by atoms with E-state index in [9.17, 15) is 4.79 Å². The van der Waals surface area contributed by atoms with E-state index >= 15 is 0 Å². The van der Waals surface area contributed by atoms with Crippen LogP contribution in [0.5, 0.6) is 0 Å². The molecule has 0 atom stereocenters. The van der Waals surface area contributed by atoms with E-state index < -0.39 is 5.91 Å². The summed E-state index contributed by atoms with van der Waals surface area (Å²) in [6.07, 6.45) is 2.05. The summed E-state index contributed by atoms with van der Waals surface area (Å²) >= 11 is 0. The number of ether oxygens (including phenoxy) is 1. The normalized spacial score (nSPS) is 17.0. The number of hydrogen-bond donors (Lipinski definition) is 2. The number of rotatable bonds is 3. The van der Waals surface area contributed by atoms with Crippen LogP contribution >= 0.6 is 0 Å². The molecule has 2 rings (SSSR count). The highest BCUT2D eigenvalue weighted by molar-refractivity contribution is 5.93. The van der Waals surface area contributed by atoms with Gasteiger partial charge in [0.1, 0.15) is 0 Å². The van der Waals surface area contributed by atoms with Gasteiger partial charge in [-0.3, -0.25) is 4.79 Å². The van der Waals surface area contributed by atoms with Crippen LogP contribution in [-0.4, -0.2) is 25.2 Å². The van der Waals surface area contributed by atoms with Gasteiger partial charge >= 0.3 is 0 Å². The molecule has 16 heavy (non-hydrogen) atoms. The van der Waals surface area contributed by atoms with Crippen LogP contribution in [-0.2, 0) is 4.74 Å². The van der Waals surface area contributed by atoms with Crippen molar-refractivity contribution in [1.82, 2.24) is 0 Å². The zero-order chi connectivity index (χ0) is 11.4. The predicted octanol–water partition coefficient (Wildman–Crippen LogP) is 1.38. The number of carbonyl (C=O) groups is 1. The van der Waals surface area contributed by atoms with Crippen molar-refractivity contribution < 1.29 is 9.53 Å². The first-order valence-electron chi connectivity index (χ1n) is 5.50. The molecule has 0 spiro atoms. The van der Waals surface area contributed by atoms with E-state index in [-0.39, 0.29) is 0 Å². The lowest BCUT2D eigenvalue weighted by Gasteiger charge is -2.24. The molecule has 4 nitrogen and oxygen atoms in total. The first-order valence-corrected chi connectivity index (χ1v) is 5.50. The number of carbonyl (C=O) groups excluding carboxylic acids is 1. The summed E-state index contributed by atoms with van der Waals surface area (Å²) in [6.45, 7) is 1.63. The molecule has 1 amide bonds. The molecule has 1 aliphatic rings. The van der Waals surface area contributed by atoms with Gasteiger partial charge in [0.15, 0.2) is 0 Å². The molecule has 0 aliphatic carbocycles. The molecule has 3 N–H and O–H groups in total. The Hall–Kier alpha value is -1.55. The summed E-state index contributed by atoms with van der Waals surface area (Å²) in [4.78, 5) is 10.9. The number of nitrogens with one attached hydrogen (secondary N) is 1. The Labute approximate surface area is 94.8 Å². The molecule has 0 saturated carbocycles. The molecule has 1 aromatic carbocycles. The highest BCUT2D eigenvalue weighted by Crippen LogP contribution is 2.15. The first-order chi connectivity index (χ1) is 7.75. The minimum Gasteiger partial charge on any atom is -0.382 e. The second-order valence-electron chi connectivity index (χ2n) is 3.97. The van der Waals surface area contributed by atoms with Gasteiger partial charge in [0.05, 0.1) is 0 Å². The summed E-state index contributed by atoms with van der Waals surface area (Å²) in [7, 11) is 0. The highest BCUT2D eigenvalue weighted by Gasteiger charge is 2.13. The molecule has 86 valence electrons. The molecule has 1 fully saturated rings. The van der Waals surface area contributed by atoms with Crippen LogP contribution in [0.3, 0.4) is 0 Å². The smallest absolute Gasteiger partial charge is 0.248 e. The van der Waals surface area contributed by atoms with Crippen LogP contribution in [0.25, 0.3) is 0 Å². The van der Waals surface area contributed by atoms with Crippen molar-refractivity contribution >= 4 is 11.6 Å². The van der Waals surface area contributed by atoms with Crippen LogP contribution in [0.1, 0.15) is 23.2 Å². The number of anilines is 1. The fourth-order valence-corrected chi connectivity index (χ4v) is 1.81. The van der Waals surface area contributed by atoms with Crippen LogP contribution < -0.4 is 11.1 Å². The predicted molar refractivity (Wildman–Crippen MR) is 62.4 cm³/mol. The van der Waals surface area contributed by atoms with Gasteiger partial charge in [-0.15, -0.1) is 0 Å². The van der Waals surface area contributed by atoms with Crippen molar-refractivity contribution in [3.05, 3.63) is 29.8 Å². The molecular weight excluding hydrogens is 204 g/mol. The topological polar surface area (TPSA) is 64.4 Å². The van der Waals surface area contributed by atoms with Crippen molar-refractivity contribution in [1.29, 1.82) is 0 Å². The third-order valence-electron chi connectivity index (χ3n) is 2.76. The number of nitrogens with two attached hydrogens (primary N) is 1.